The maximum absolute atomic E-state index is 10.9. The normalized spacial score (nSPS) is 24.4. The van der Waals surface area contributed by atoms with E-state index in [1.807, 2.05) is 0 Å². The summed E-state index contributed by atoms with van der Waals surface area (Å²) in [6.45, 7) is 77.9. The fourth-order valence-corrected chi connectivity index (χ4v) is 20.7. The van der Waals surface area contributed by atoms with Gasteiger partial charge in [-0.2, -0.15) is 0 Å². The molecule has 720 valence electrons. The SMILES string of the molecule is CC(C)CCN1CCC(C)CC1.CC1CCN(CC(C)(C)C)CC1.CC1CCN(CC2CC2)CC1.CC1CCN(CC2CCC2)CC1.CC1CCN(CC2CCCC2)CC1.CC1CCN(CC2CCCCC2)CC1.CC1CCN(Cc2ccccc2)CC1.CCC(CC)CN1CCC(C)CC1.COC(=O)CN1CCC(C)CC1.COCN1CCC(C)CC1. The van der Waals surface area contributed by atoms with Gasteiger partial charge in [0, 0.05) is 66.0 Å². The van der Waals surface area contributed by atoms with E-state index < -0.39 is 0 Å². The minimum atomic E-state index is -0.121. The fourth-order valence-electron chi connectivity index (χ4n) is 20.7. The highest BCUT2D eigenvalue weighted by Gasteiger charge is 2.30. The van der Waals surface area contributed by atoms with E-state index in [4.69, 9.17) is 4.74 Å². The minimum Gasteiger partial charge on any atom is -0.468 e. The maximum Gasteiger partial charge on any atom is 0.319 e. The van der Waals surface area contributed by atoms with Crippen molar-refractivity contribution in [2.24, 2.45) is 100 Å². The number of ether oxygens (including phenoxy) is 2. The number of likely N-dealkylation sites (tertiary alicyclic amines) is 10. The number of esters is 1. The van der Waals surface area contributed by atoms with E-state index in [-0.39, 0.29) is 5.97 Å². The number of rotatable bonds is 22. The van der Waals surface area contributed by atoms with Crippen LogP contribution in [0.4, 0.5) is 0 Å². The molecule has 10 heterocycles. The van der Waals surface area contributed by atoms with Gasteiger partial charge < -0.3 is 43.8 Å². The highest BCUT2D eigenvalue weighted by Crippen LogP contribution is 2.34. The molecule has 13 heteroatoms. The van der Waals surface area contributed by atoms with Crippen LogP contribution in [-0.4, -0.2) is 259 Å². The van der Waals surface area contributed by atoms with Gasteiger partial charge in [0.2, 0.25) is 0 Å². The van der Waals surface area contributed by atoms with E-state index >= 15 is 0 Å². The van der Waals surface area contributed by atoms with E-state index in [1.54, 1.807) is 7.11 Å². The quantitative estimate of drug-likeness (QED) is 0.104. The maximum atomic E-state index is 10.9. The molecule has 0 N–H and O–H groups in total. The van der Waals surface area contributed by atoms with Gasteiger partial charge in [-0.3, -0.25) is 19.5 Å². The standard InChI is InChI=1S/C13H25N.C13H19N.C12H23N.C12H25N.C11H21N.2C11H23N.C10H19N.C9H17NO2.C8H17NO/c2*1-12-7-9-14(10-8-12)11-13-5-3-2-4-6-13;1-11-6-8-13(9-7-11)10-12-4-2-3-5-12;1-4-12(5-2)10-13-8-6-11(3)7-9-13;1-10-5-7-12(8-6-10)9-11-3-2-4-11;1-10-5-7-12(8-6-10)9-11(2,3)4;1-10(2)4-7-12-8-5-11(3)6-9-12;1-9-4-6-11(7-5-9)8-10-2-3-10;1-8-3-5-10(6-4-8)7-9(11)12-2;1-8-3-5-9(6-4-8)7-10-2/h12-13H,2-11H2,1H3;2-6,12H,7-11H2,1H3;11-12H,2-10H2,1H3;11-12H,4-10H2,1-3H3;10-11H,2-9H2,1H3;10H,5-9H2,1-4H3;10-11H,4-9H2,1-3H3;9-10H,2-8H2,1H3;8H,3-7H2,1-2H3;8H,3-7H2,1-2H3. The summed E-state index contributed by atoms with van der Waals surface area (Å²) in [5.74, 6) is 15.5. The van der Waals surface area contributed by atoms with E-state index in [9.17, 15) is 4.79 Å². The van der Waals surface area contributed by atoms with E-state index in [2.05, 4.69) is 202 Å². The molecule has 0 spiro atoms. The van der Waals surface area contributed by atoms with Crippen molar-refractivity contribution in [2.45, 2.75) is 362 Å². The molecule has 13 nitrogen and oxygen atoms in total. The van der Waals surface area contributed by atoms with Crippen molar-refractivity contribution in [3.63, 3.8) is 0 Å². The van der Waals surface area contributed by atoms with Gasteiger partial charge in [-0.05, 0) is 416 Å². The van der Waals surface area contributed by atoms with Crippen LogP contribution in [-0.2, 0) is 20.8 Å². The lowest BCUT2D eigenvalue weighted by molar-refractivity contribution is -0.142. The molecule has 0 amide bonds. The third kappa shape index (κ3) is 53.5. The molecule has 10 saturated heterocycles. The number of piperidine rings is 10. The molecule has 4 saturated carbocycles. The number of carbonyl (C=O) groups is 1. The largest absolute Gasteiger partial charge is 0.468 e. The molecule has 1 aromatic carbocycles. The zero-order chi connectivity index (χ0) is 89.0. The molecular formula is C110H212N10O3. The van der Waals surface area contributed by atoms with Crippen molar-refractivity contribution in [3.05, 3.63) is 35.9 Å². The Morgan fingerprint density at radius 3 is 0.919 bits per heavy atom. The van der Waals surface area contributed by atoms with Crippen LogP contribution in [0.3, 0.4) is 0 Å². The minimum absolute atomic E-state index is 0.121. The molecule has 1 aromatic rings. The summed E-state index contributed by atoms with van der Waals surface area (Å²) in [5.41, 5.74) is 1.92. The van der Waals surface area contributed by atoms with Crippen LogP contribution in [0.5, 0.6) is 0 Å². The first-order chi connectivity index (χ1) is 59.2. The average Bonchev–Trinajstić information content (AvgIpc) is 1.82. The third-order valence-electron chi connectivity index (χ3n) is 31.5. The molecule has 10 aliphatic heterocycles. The van der Waals surface area contributed by atoms with Crippen molar-refractivity contribution in [1.82, 2.24) is 49.0 Å². The highest BCUT2D eigenvalue weighted by molar-refractivity contribution is 5.71. The molecule has 14 fully saturated rings. The predicted molar refractivity (Wildman–Crippen MR) is 534 cm³/mol. The van der Waals surface area contributed by atoms with E-state index in [0.29, 0.717) is 12.0 Å². The van der Waals surface area contributed by atoms with Crippen molar-refractivity contribution >= 4 is 5.97 Å². The monoisotopic (exact) mass is 1720 g/mol. The van der Waals surface area contributed by atoms with Crippen LogP contribution in [0.1, 0.15) is 361 Å². The smallest absolute Gasteiger partial charge is 0.319 e. The Balaban J connectivity index is 0.000000212. The van der Waals surface area contributed by atoms with Gasteiger partial charge in [-0.1, -0.05) is 199 Å². The lowest BCUT2D eigenvalue weighted by Crippen LogP contribution is -2.38. The van der Waals surface area contributed by atoms with Gasteiger partial charge in [0.05, 0.1) is 20.4 Å². The van der Waals surface area contributed by atoms with Crippen LogP contribution in [0, 0.1) is 100 Å². The van der Waals surface area contributed by atoms with Crippen molar-refractivity contribution in [3.8, 4) is 0 Å². The molecule has 0 radical (unpaired) electrons. The number of hydrogen-bond acceptors (Lipinski definition) is 13. The Bertz CT molecular complexity index is 2560. The third-order valence-corrected chi connectivity index (χ3v) is 31.5. The molecule has 4 aliphatic carbocycles. The summed E-state index contributed by atoms with van der Waals surface area (Å²) in [6.07, 6.45) is 52.9. The fraction of sp³-hybridized carbons (Fsp3) is 0.936. The molecule has 0 aromatic heterocycles. The Hall–Kier alpha value is -1.75. The second-order valence-corrected chi connectivity index (χ2v) is 45.9. The zero-order valence-electron chi connectivity index (χ0n) is 85.7. The van der Waals surface area contributed by atoms with Gasteiger partial charge in [-0.25, -0.2) is 0 Å². The highest BCUT2D eigenvalue weighted by atomic mass is 16.5. The first-order valence-corrected chi connectivity index (χ1v) is 54.0. The molecule has 15 rings (SSSR count). The van der Waals surface area contributed by atoms with Gasteiger partial charge in [0.1, 0.15) is 0 Å². The van der Waals surface area contributed by atoms with Crippen LogP contribution < -0.4 is 0 Å². The van der Waals surface area contributed by atoms with Gasteiger partial charge in [0.15, 0.2) is 0 Å². The summed E-state index contributed by atoms with van der Waals surface area (Å²) in [5, 5.41) is 0. The lowest BCUT2D eigenvalue weighted by atomic mass is 9.84. The molecule has 14 aliphatic rings. The van der Waals surface area contributed by atoms with Gasteiger partial charge in [0.25, 0.3) is 0 Å². The molecule has 0 atom stereocenters. The summed E-state index contributed by atoms with van der Waals surface area (Å²) in [6, 6.07) is 10.8. The molecule has 0 unspecified atom stereocenters. The van der Waals surface area contributed by atoms with Gasteiger partial charge >= 0.3 is 5.97 Å². The van der Waals surface area contributed by atoms with Crippen molar-refractivity contribution in [1.29, 1.82) is 0 Å². The van der Waals surface area contributed by atoms with E-state index in [0.717, 1.165) is 121 Å². The average molecular weight is 1720 g/mol. The van der Waals surface area contributed by atoms with Crippen molar-refractivity contribution in [2.75, 3.05) is 204 Å². The summed E-state index contributed by atoms with van der Waals surface area (Å²) < 4.78 is 9.64. The molecular weight excluding hydrogens is 1510 g/mol. The van der Waals surface area contributed by atoms with Crippen LogP contribution >= 0.6 is 0 Å². The second-order valence-electron chi connectivity index (χ2n) is 45.9. The first-order valence-electron chi connectivity index (χ1n) is 54.0. The number of nitrogens with zero attached hydrogens (tertiary/aromatic N) is 10. The van der Waals surface area contributed by atoms with Gasteiger partial charge in [-0.15, -0.1) is 0 Å². The summed E-state index contributed by atoms with van der Waals surface area (Å²) >= 11 is 0. The topological polar surface area (TPSA) is 67.9 Å². The van der Waals surface area contributed by atoms with E-state index in [1.165, 1.54) is 414 Å². The van der Waals surface area contributed by atoms with Crippen LogP contribution in [0.15, 0.2) is 30.3 Å². The first kappa shape index (κ1) is 110. The second kappa shape index (κ2) is 65.0. The Morgan fingerprint density at radius 2 is 0.626 bits per heavy atom. The lowest BCUT2D eigenvalue weighted by Gasteiger charge is -2.36. The number of carbonyl (C=O) groups excluding carboxylic acids is 1. The molecule has 0 bridgehead atoms. The Morgan fingerprint density at radius 1 is 0.341 bits per heavy atom. The predicted octanol–water partition coefficient (Wildman–Crippen LogP) is 24.7. The van der Waals surface area contributed by atoms with Crippen LogP contribution in [0.25, 0.3) is 0 Å². The Labute approximate surface area is 766 Å². The number of benzene rings is 1. The zero-order valence-corrected chi connectivity index (χ0v) is 85.7. The van der Waals surface area contributed by atoms with Crippen molar-refractivity contribution < 1.29 is 14.3 Å². The summed E-state index contributed by atoms with van der Waals surface area (Å²) in [4.78, 5) is 36.7. The van der Waals surface area contributed by atoms with Crippen LogP contribution in [0.2, 0.25) is 0 Å². The summed E-state index contributed by atoms with van der Waals surface area (Å²) in [7, 11) is 3.20. The molecule has 123 heavy (non-hydrogen) atoms. The Kier molecular flexibility index (Phi) is 58.1. The number of hydrogen-bond donors (Lipinski definition) is 0. The number of methoxy groups -OCH3 is 2.